The first-order chi connectivity index (χ1) is 11.7. The van der Waals surface area contributed by atoms with E-state index in [0.29, 0.717) is 17.0 Å². The number of halogens is 2. The van der Waals surface area contributed by atoms with Gasteiger partial charge in [0.1, 0.15) is 11.8 Å². The van der Waals surface area contributed by atoms with Crippen LogP contribution in [0.3, 0.4) is 0 Å². The van der Waals surface area contributed by atoms with Crippen molar-refractivity contribution in [3.63, 3.8) is 0 Å². The van der Waals surface area contributed by atoms with Gasteiger partial charge in [-0.25, -0.2) is 14.8 Å². The molecule has 1 aliphatic rings. The number of nitrogen functional groups attached to an aromatic ring is 1. The summed E-state index contributed by atoms with van der Waals surface area (Å²) >= 11 is 3.42. The summed E-state index contributed by atoms with van der Waals surface area (Å²) < 4.78 is 4.33. The zero-order valence-corrected chi connectivity index (χ0v) is 15.8. The monoisotopic (exact) mass is 424 g/mol. The van der Waals surface area contributed by atoms with Crippen LogP contribution in [0.15, 0.2) is 39.9 Å². The summed E-state index contributed by atoms with van der Waals surface area (Å²) in [5, 5.41) is 3.32. The lowest BCUT2D eigenvalue weighted by molar-refractivity contribution is 0.366. The highest BCUT2D eigenvalue weighted by Crippen LogP contribution is 2.26. The number of aromatic nitrogens is 4. The molecule has 0 unspecified atom stereocenters. The number of nitrogens with two attached hydrogens (primary N) is 1. The van der Waals surface area contributed by atoms with E-state index in [2.05, 4.69) is 31.2 Å². The topological polar surface area (TPSA) is 90.8 Å². The highest BCUT2D eigenvalue weighted by Gasteiger charge is 2.25. The predicted octanol–water partition coefficient (Wildman–Crippen LogP) is 2.27. The first-order valence-corrected chi connectivity index (χ1v) is 8.66. The lowest BCUT2D eigenvalue weighted by Gasteiger charge is -2.23. The molecule has 0 radical (unpaired) electrons. The number of hydrogen-bond acceptors (Lipinski definition) is 5. The minimum atomic E-state index is -0.119. The van der Waals surface area contributed by atoms with Crippen molar-refractivity contribution in [3.8, 4) is 5.69 Å². The molecular weight excluding hydrogens is 408 g/mol. The van der Waals surface area contributed by atoms with Gasteiger partial charge in [-0.1, -0.05) is 15.9 Å². The second kappa shape index (κ2) is 7.15. The summed E-state index contributed by atoms with van der Waals surface area (Å²) in [5.74, 6) is 0.313. The molecule has 7 nitrogen and oxygen atoms in total. The number of anilines is 1. The number of hydrogen-bond donors (Lipinski definition) is 2. The van der Waals surface area contributed by atoms with Crippen LogP contribution < -0.4 is 16.7 Å². The van der Waals surface area contributed by atoms with Gasteiger partial charge in [-0.3, -0.25) is 9.13 Å². The standard InChI is InChI=1S/C16H17BrN6O.ClH/c17-10-1-3-11(4-2-10)22-13-14(18)20-9-21-15(13)23(16(22)24)12-5-7-19-8-6-12;/h1-4,9,12,19H,5-8H2,(H2,18,20,21);1H. The van der Waals surface area contributed by atoms with Crippen molar-refractivity contribution in [2.75, 3.05) is 18.8 Å². The average molecular weight is 426 g/mol. The zero-order chi connectivity index (χ0) is 16.7. The van der Waals surface area contributed by atoms with E-state index in [0.717, 1.165) is 36.1 Å². The molecule has 0 amide bonds. The second-order valence-corrected chi connectivity index (χ2v) is 6.79. The Labute approximate surface area is 158 Å². The van der Waals surface area contributed by atoms with Gasteiger partial charge in [-0.15, -0.1) is 12.4 Å². The molecule has 0 saturated carbocycles. The van der Waals surface area contributed by atoms with Crippen molar-refractivity contribution in [1.82, 2.24) is 24.4 Å². The first-order valence-electron chi connectivity index (χ1n) is 7.87. The quantitative estimate of drug-likeness (QED) is 0.657. The maximum atomic E-state index is 13.2. The van der Waals surface area contributed by atoms with Gasteiger partial charge in [0.05, 0.1) is 5.69 Å². The molecule has 3 heterocycles. The zero-order valence-electron chi connectivity index (χ0n) is 13.4. The van der Waals surface area contributed by atoms with Crippen LogP contribution in [0.1, 0.15) is 18.9 Å². The third-order valence-electron chi connectivity index (χ3n) is 4.44. The van der Waals surface area contributed by atoms with Gasteiger partial charge in [0.15, 0.2) is 11.5 Å². The molecule has 25 heavy (non-hydrogen) atoms. The van der Waals surface area contributed by atoms with Gasteiger partial charge in [-0.05, 0) is 50.2 Å². The highest BCUT2D eigenvalue weighted by atomic mass is 79.9. The first kappa shape index (κ1) is 17.9. The van der Waals surface area contributed by atoms with Crippen molar-refractivity contribution >= 4 is 45.3 Å². The molecule has 1 fully saturated rings. The van der Waals surface area contributed by atoms with Gasteiger partial charge in [0, 0.05) is 10.5 Å². The number of nitrogens with zero attached hydrogens (tertiary/aromatic N) is 4. The van der Waals surface area contributed by atoms with Gasteiger partial charge in [-0.2, -0.15) is 0 Å². The average Bonchev–Trinajstić information content (AvgIpc) is 2.90. The van der Waals surface area contributed by atoms with Crippen molar-refractivity contribution in [1.29, 1.82) is 0 Å². The summed E-state index contributed by atoms with van der Waals surface area (Å²) in [6.45, 7) is 1.78. The van der Waals surface area contributed by atoms with Gasteiger partial charge in [0.2, 0.25) is 0 Å². The number of nitrogens with one attached hydrogen (secondary N) is 1. The molecule has 2 aromatic heterocycles. The number of benzene rings is 1. The van der Waals surface area contributed by atoms with E-state index in [1.165, 1.54) is 6.33 Å². The predicted molar refractivity (Wildman–Crippen MR) is 104 cm³/mol. The molecule has 0 spiro atoms. The molecule has 1 saturated heterocycles. The number of fused-ring (bicyclic) bond motifs is 1. The highest BCUT2D eigenvalue weighted by molar-refractivity contribution is 9.10. The van der Waals surface area contributed by atoms with Crippen LogP contribution in [0.4, 0.5) is 5.82 Å². The van der Waals surface area contributed by atoms with E-state index >= 15 is 0 Å². The van der Waals surface area contributed by atoms with E-state index in [9.17, 15) is 4.79 Å². The molecule has 3 N–H and O–H groups in total. The molecule has 0 bridgehead atoms. The van der Waals surface area contributed by atoms with Crippen molar-refractivity contribution in [2.45, 2.75) is 18.9 Å². The summed E-state index contributed by atoms with van der Waals surface area (Å²) in [4.78, 5) is 21.6. The third-order valence-corrected chi connectivity index (χ3v) is 4.97. The third kappa shape index (κ3) is 3.05. The fourth-order valence-electron chi connectivity index (χ4n) is 3.29. The molecule has 1 aromatic carbocycles. The summed E-state index contributed by atoms with van der Waals surface area (Å²) in [6, 6.07) is 7.67. The lowest BCUT2D eigenvalue weighted by Crippen LogP contribution is -2.34. The normalized spacial score (nSPS) is 15.2. The van der Waals surface area contributed by atoms with E-state index < -0.39 is 0 Å². The van der Waals surface area contributed by atoms with Crippen molar-refractivity contribution < 1.29 is 0 Å². The molecule has 1 aliphatic heterocycles. The SMILES string of the molecule is Cl.Nc1ncnc2c1n(-c1ccc(Br)cc1)c(=O)n2C1CCNCC1. The largest absolute Gasteiger partial charge is 0.382 e. The van der Waals surface area contributed by atoms with Crippen LogP contribution in [-0.2, 0) is 0 Å². The van der Waals surface area contributed by atoms with Crippen LogP contribution in [-0.4, -0.2) is 32.2 Å². The fourth-order valence-corrected chi connectivity index (χ4v) is 3.56. The second-order valence-electron chi connectivity index (χ2n) is 5.88. The molecule has 132 valence electrons. The molecule has 0 aliphatic carbocycles. The Balaban J connectivity index is 0.00000182. The van der Waals surface area contributed by atoms with E-state index in [1.807, 2.05) is 24.3 Å². The maximum Gasteiger partial charge on any atom is 0.335 e. The molecular formula is C16H18BrClN6O. The van der Waals surface area contributed by atoms with Crippen LogP contribution >= 0.6 is 28.3 Å². The van der Waals surface area contributed by atoms with E-state index in [-0.39, 0.29) is 24.1 Å². The van der Waals surface area contributed by atoms with E-state index in [1.54, 1.807) is 9.13 Å². The molecule has 3 aromatic rings. The maximum absolute atomic E-state index is 13.2. The summed E-state index contributed by atoms with van der Waals surface area (Å²) in [6.07, 6.45) is 3.20. The van der Waals surface area contributed by atoms with Gasteiger partial charge < -0.3 is 11.1 Å². The summed E-state index contributed by atoms with van der Waals surface area (Å²) in [5.41, 5.74) is 7.90. The number of imidazole rings is 1. The Morgan fingerprint density at radius 2 is 1.84 bits per heavy atom. The number of rotatable bonds is 2. The van der Waals surface area contributed by atoms with Crippen molar-refractivity contribution in [2.24, 2.45) is 0 Å². The lowest BCUT2D eigenvalue weighted by atomic mass is 10.1. The Morgan fingerprint density at radius 3 is 2.52 bits per heavy atom. The molecule has 9 heteroatoms. The van der Waals surface area contributed by atoms with Crippen LogP contribution in [0.5, 0.6) is 0 Å². The number of piperidine rings is 1. The Bertz CT molecular complexity index is 946. The Kier molecular flexibility index (Phi) is 5.12. The van der Waals surface area contributed by atoms with Gasteiger partial charge in [0.25, 0.3) is 0 Å². The van der Waals surface area contributed by atoms with Gasteiger partial charge >= 0.3 is 5.69 Å². The molecule has 4 rings (SSSR count). The van der Waals surface area contributed by atoms with Crippen molar-refractivity contribution in [3.05, 3.63) is 45.5 Å². The van der Waals surface area contributed by atoms with Crippen LogP contribution in [0, 0.1) is 0 Å². The molecule has 0 atom stereocenters. The van der Waals surface area contributed by atoms with Crippen LogP contribution in [0.25, 0.3) is 16.9 Å². The van der Waals surface area contributed by atoms with Crippen LogP contribution in [0.2, 0.25) is 0 Å². The minimum absolute atomic E-state index is 0. The summed E-state index contributed by atoms with van der Waals surface area (Å²) in [7, 11) is 0. The van der Waals surface area contributed by atoms with E-state index in [4.69, 9.17) is 5.73 Å². The Morgan fingerprint density at radius 1 is 1.16 bits per heavy atom. The smallest absolute Gasteiger partial charge is 0.335 e. The Hall–Kier alpha value is -1.90. The fraction of sp³-hybridized carbons (Fsp3) is 0.312. The minimum Gasteiger partial charge on any atom is -0.382 e.